The fourth-order valence-electron chi connectivity index (χ4n) is 1.81. The molecule has 0 radical (unpaired) electrons. The lowest BCUT2D eigenvalue weighted by atomic mass is 10.3. The van der Waals surface area contributed by atoms with Crippen LogP contribution in [-0.4, -0.2) is 35.1 Å². The first-order valence-electron chi connectivity index (χ1n) is 6.29. The lowest BCUT2D eigenvalue weighted by Crippen LogP contribution is -2.40. The molecule has 8 heteroatoms. The number of carboxylic acid groups (broad SMARTS) is 1. The van der Waals surface area contributed by atoms with Gasteiger partial charge >= 0.3 is 12.0 Å². The molecular formula is C13H13BrCl2N2O3. The van der Waals surface area contributed by atoms with Crippen molar-refractivity contribution in [3.05, 3.63) is 26.7 Å². The second kappa shape index (κ2) is 6.85. The van der Waals surface area contributed by atoms with Crippen LogP contribution in [0.25, 0.3) is 0 Å². The van der Waals surface area contributed by atoms with Crippen LogP contribution in [0.5, 0.6) is 0 Å². The molecule has 1 aliphatic carbocycles. The minimum absolute atomic E-state index is 0.209. The van der Waals surface area contributed by atoms with E-state index in [2.05, 4.69) is 21.2 Å². The average Bonchev–Trinajstić information content (AvgIpc) is 3.22. The number of carbonyl (C=O) groups is 2. The lowest BCUT2D eigenvalue weighted by molar-refractivity contribution is -0.137. The van der Waals surface area contributed by atoms with Crippen LogP contribution in [0.2, 0.25) is 10.0 Å². The van der Waals surface area contributed by atoms with Crippen molar-refractivity contribution in [1.82, 2.24) is 4.90 Å². The summed E-state index contributed by atoms with van der Waals surface area (Å²) in [7, 11) is 0. The number of benzene rings is 1. The third-order valence-electron chi connectivity index (χ3n) is 3.07. The number of hydrogen-bond donors (Lipinski definition) is 2. The SMILES string of the molecule is O=C(O)CN(CC1CC1)C(=O)Nc1ccc(Br)c(Cl)c1Cl. The summed E-state index contributed by atoms with van der Waals surface area (Å²) in [5.41, 5.74) is 0.348. The second-order valence-electron chi connectivity index (χ2n) is 4.87. The summed E-state index contributed by atoms with van der Waals surface area (Å²) in [5.74, 6) is -0.662. The normalized spacial score (nSPS) is 13.9. The lowest BCUT2D eigenvalue weighted by Gasteiger charge is -2.21. The van der Waals surface area contributed by atoms with Crippen LogP contribution < -0.4 is 5.32 Å². The van der Waals surface area contributed by atoms with Crippen LogP contribution >= 0.6 is 39.1 Å². The molecule has 0 saturated heterocycles. The maximum Gasteiger partial charge on any atom is 0.323 e. The minimum Gasteiger partial charge on any atom is -0.480 e. The number of carboxylic acids is 1. The molecule has 0 bridgehead atoms. The number of rotatable bonds is 5. The van der Waals surface area contributed by atoms with Gasteiger partial charge in [0.05, 0.1) is 15.7 Å². The van der Waals surface area contributed by atoms with E-state index in [0.717, 1.165) is 12.8 Å². The number of anilines is 1. The van der Waals surface area contributed by atoms with Gasteiger partial charge in [0.2, 0.25) is 0 Å². The minimum atomic E-state index is -1.05. The molecule has 2 N–H and O–H groups in total. The second-order valence-corrected chi connectivity index (χ2v) is 6.48. The number of hydrogen-bond acceptors (Lipinski definition) is 2. The molecule has 0 heterocycles. The molecule has 1 aliphatic rings. The molecule has 5 nitrogen and oxygen atoms in total. The van der Waals surface area contributed by atoms with Gasteiger partial charge in [0.1, 0.15) is 6.54 Å². The highest BCUT2D eigenvalue weighted by Gasteiger charge is 2.28. The first-order chi connectivity index (χ1) is 9.88. The smallest absolute Gasteiger partial charge is 0.323 e. The van der Waals surface area contributed by atoms with Gasteiger partial charge in [0.15, 0.2) is 0 Å². The van der Waals surface area contributed by atoms with E-state index >= 15 is 0 Å². The van der Waals surface area contributed by atoms with Crippen LogP contribution in [0.15, 0.2) is 16.6 Å². The number of nitrogens with one attached hydrogen (secondary N) is 1. The van der Waals surface area contributed by atoms with Crippen molar-refractivity contribution < 1.29 is 14.7 Å². The number of amides is 2. The monoisotopic (exact) mass is 394 g/mol. The first kappa shape index (κ1) is 16.4. The van der Waals surface area contributed by atoms with Gasteiger partial charge in [-0.15, -0.1) is 0 Å². The van der Waals surface area contributed by atoms with Gasteiger partial charge in [-0.1, -0.05) is 23.2 Å². The van der Waals surface area contributed by atoms with Crippen molar-refractivity contribution >= 4 is 56.8 Å². The van der Waals surface area contributed by atoms with E-state index in [1.165, 1.54) is 4.90 Å². The van der Waals surface area contributed by atoms with Crippen molar-refractivity contribution in [2.24, 2.45) is 5.92 Å². The average molecular weight is 396 g/mol. The molecule has 2 rings (SSSR count). The zero-order chi connectivity index (χ0) is 15.6. The molecule has 1 saturated carbocycles. The van der Waals surface area contributed by atoms with Crippen molar-refractivity contribution in [3.8, 4) is 0 Å². The molecule has 2 amide bonds. The Balaban J connectivity index is 2.10. The van der Waals surface area contributed by atoms with Crippen LogP contribution in [0.4, 0.5) is 10.5 Å². The van der Waals surface area contributed by atoms with Crippen molar-refractivity contribution in [1.29, 1.82) is 0 Å². The third-order valence-corrected chi connectivity index (χ3v) is 4.84. The molecule has 1 aromatic rings. The summed E-state index contributed by atoms with van der Waals surface area (Å²) in [6, 6.07) is 2.77. The summed E-state index contributed by atoms with van der Waals surface area (Å²) >= 11 is 15.3. The summed E-state index contributed by atoms with van der Waals surface area (Å²) in [6.07, 6.45) is 2.04. The Morgan fingerprint density at radius 3 is 2.57 bits per heavy atom. The van der Waals surface area contributed by atoms with E-state index in [9.17, 15) is 9.59 Å². The van der Waals surface area contributed by atoms with Gasteiger partial charge in [-0.05, 0) is 46.8 Å². The highest BCUT2D eigenvalue weighted by atomic mass is 79.9. The van der Waals surface area contributed by atoms with Crippen molar-refractivity contribution in [2.45, 2.75) is 12.8 Å². The van der Waals surface area contributed by atoms with Crippen LogP contribution in [-0.2, 0) is 4.79 Å². The van der Waals surface area contributed by atoms with Gasteiger partial charge < -0.3 is 15.3 Å². The van der Waals surface area contributed by atoms with Crippen molar-refractivity contribution in [3.63, 3.8) is 0 Å². The van der Waals surface area contributed by atoms with Crippen molar-refractivity contribution in [2.75, 3.05) is 18.4 Å². The van der Waals surface area contributed by atoms with E-state index in [4.69, 9.17) is 28.3 Å². The maximum atomic E-state index is 12.2. The van der Waals surface area contributed by atoms with E-state index < -0.39 is 12.0 Å². The van der Waals surface area contributed by atoms with Gasteiger partial charge in [0, 0.05) is 11.0 Å². The van der Waals surface area contributed by atoms with Crippen LogP contribution in [0.1, 0.15) is 12.8 Å². The summed E-state index contributed by atoms with van der Waals surface area (Å²) in [5, 5.41) is 12.0. The summed E-state index contributed by atoms with van der Waals surface area (Å²) < 4.78 is 0.618. The largest absolute Gasteiger partial charge is 0.480 e. The number of urea groups is 1. The first-order valence-corrected chi connectivity index (χ1v) is 7.84. The van der Waals surface area contributed by atoms with E-state index in [0.29, 0.717) is 27.6 Å². The predicted molar refractivity (Wildman–Crippen MR) is 85.1 cm³/mol. The molecule has 0 aliphatic heterocycles. The Labute approximate surface area is 140 Å². The predicted octanol–water partition coefficient (Wildman–Crippen LogP) is 4.08. The Bertz CT molecular complexity index is 579. The quantitative estimate of drug-likeness (QED) is 0.737. The number of aliphatic carboxylic acids is 1. The zero-order valence-corrected chi connectivity index (χ0v) is 14.0. The van der Waals surface area contributed by atoms with Crippen LogP contribution in [0.3, 0.4) is 0 Å². The molecule has 0 spiro atoms. The van der Waals surface area contributed by atoms with E-state index in [-0.39, 0.29) is 11.6 Å². The van der Waals surface area contributed by atoms with E-state index in [1.54, 1.807) is 12.1 Å². The third kappa shape index (κ3) is 4.49. The topological polar surface area (TPSA) is 69.6 Å². The fourth-order valence-corrected chi connectivity index (χ4v) is 2.63. The molecule has 0 unspecified atom stereocenters. The zero-order valence-electron chi connectivity index (χ0n) is 10.9. The Hall–Kier alpha value is -0.980. The van der Waals surface area contributed by atoms with Gasteiger partial charge in [-0.2, -0.15) is 0 Å². The molecule has 1 fully saturated rings. The maximum absolute atomic E-state index is 12.2. The summed E-state index contributed by atoms with van der Waals surface area (Å²) in [6.45, 7) is 0.0875. The number of nitrogens with zero attached hydrogens (tertiary/aromatic N) is 1. The van der Waals surface area contributed by atoms with Crippen LogP contribution in [0, 0.1) is 5.92 Å². The van der Waals surface area contributed by atoms with Gasteiger partial charge in [0.25, 0.3) is 0 Å². The van der Waals surface area contributed by atoms with Gasteiger partial charge in [-0.3, -0.25) is 4.79 Å². The highest BCUT2D eigenvalue weighted by Crippen LogP contribution is 2.36. The summed E-state index contributed by atoms with van der Waals surface area (Å²) in [4.78, 5) is 24.3. The fraction of sp³-hybridized carbons (Fsp3) is 0.385. The molecule has 21 heavy (non-hydrogen) atoms. The highest BCUT2D eigenvalue weighted by molar-refractivity contribution is 9.10. The molecule has 1 aromatic carbocycles. The molecular weight excluding hydrogens is 383 g/mol. The standard InChI is InChI=1S/C13H13BrCl2N2O3/c14-8-3-4-9(12(16)11(8)15)17-13(21)18(6-10(19)20)5-7-1-2-7/h3-4,7H,1-2,5-6H2,(H,17,21)(H,19,20). The molecule has 0 aromatic heterocycles. The Kier molecular flexibility index (Phi) is 5.35. The van der Waals surface area contributed by atoms with E-state index in [1.807, 2.05) is 0 Å². The Morgan fingerprint density at radius 2 is 2.00 bits per heavy atom. The molecule has 0 atom stereocenters. The number of halogens is 3. The number of carbonyl (C=O) groups excluding carboxylic acids is 1. The molecule has 114 valence electrons. The Morgan fingerprint density at radius 1 is 1.33 bits per heavy atom. The van der Waals surface area contributed by atoms with Gasteiger partial charge in [-0.25, -0.2) is 4.79 Å².